The molecule has 0 N–H and O–H groups in total. The van der Waals surface area contributed by atoms with Gasteiger partial charge in [-0.15, -0.1) is 6.58 Å². The molecule has 1 aromatic carbocycles. The van der Waals surface area contributed by atoms with Crippen LogP contribution in [0.1, 0.15) is 19.4 Å². The normalized spacial score (nSPS) is 12.2. The lowest BCUT2D eigenvalue weighted by molar-refractivity contribution is -0.131. The number of carbonyl (C=O) groups is 1. The van der Waals surface area contributed by atoms with Crippen LogP contribution in [0.2, 0.25) is 0 Å². The Labute approximate surface area is 115 Å². The lowest BCUT2D eigenvalue weighted by atomic mass is 10.1. The Morgan fingerprint density at radius 2 is 2.00 bits per heavy atom. The van der Waals surface area contributed by atoms with Crippen LogP contribution in [0.25, 0.3) is 0 Å². The summed E-state index contributed by atoms with van der Waals surface area (Å²) in [5.41, 5.74) is 1.13. The molecular weight excluding hydrogens is 242 g/mol. The van der Waals surface area contributed by atoms with Gasteiger partial charge in [0.05, 0.1) is 5.25 Å². The summed E-state index contributed by atoms with van der Waals surface area (Å²) in [5, 5.41) is -0.297. The molecule has 0 fully saturated rings. The number of thiol groups is 1. The van der Waals surface area contributed by atoms with Gasteiger partial charge in [0, 0.05) is 12.6 Å². The molecule has 0 aliphatic carbocycles. The summed E-state index contributed by atoms with van der Waals surface area (Å²) in [4.78, 5) is 14.1. The number of hydrogen-bond donors (Lipinski definition) is 1. The van der Waals surface area contributed by atoms with Crippen LogP contribution in [-0.2, 0) is 11.2 Å². The van der Waals surface area contributed by atoms with Gasteiger partial charge in [-0.3, -0.25) is 4.79 Å². The van der Waals surface area contributed by atoms with Gasteiger partial charge in [0.15, 0.2) is 0 Å². The van der Waals surface area contributed by atoms with Crippen molar-refractivity contribution in [2.45, 2.75) is 31.6 Å². The molecule has 98 valence electrons. The number of rotatable bonds is 6. The molecule has 1 unspecified atom stereocenters. The largest absolute Gasteiger partial charge is 0.336 e. The fourth-order valence-electron chi connectivity index (χ4n) is 1.81. The lowest BCUT2D eigenvalue weighted by Gasteiger charge is -2.28. The summed E-state index contributed by atoms with van der Waals surface area (Å²) in [5.74, 6) is 0.0667. The van der Waals surface area contributed by atoms with Crippen molar-refractivity contribution in [2.75, 3.05) is 6.54 Å². The van der Waals surface area contributed by atoms with Crippen molar-refractivity contribution in [2.24, 2.45) is 0 Å². The van der Waals surface area contributed by atoms with Crippen molar-refractivity contribution in [3.63, 3.8) is 0 Å². The summed E-state index contributed by atoms with van der Waals surface area (Å²) in [7, 11) is 0. The molecule has 0 heterocycles. The quantitative estimate of drug-likeness (QED) is 0.618. The second kappa shape index (κ2) is 7.27. The third-order valence-electron chi connectivity index (χ3n) is 2.79. The monoisotopic (exact) mass is 263 g/mol. The van der Waals surface area contributed by atoms with Gasteiger partial charge in [0.25, 0.3) is 0 Å². The molecule has 0 aliphatic heterocycles. The van der Waals surface area contributed by atoms with E-state index in [4.69, 9.17) is 0 Å². The van der Waals surface area contributed by atoms with Crippen LogP contribution in [0.15, 0.2) is 43.0 Å². The van der Waals surface area contributed by atoms with E-state index in [1.165, 1.54) is 0 Å². The highest BCUT2D eigenvalue weighted by Gasteiger charge is 2.22. The van der Waals surface area contributed by atoms with Crippen LogP contribution in [0.3, 0.4) is 0 Å². The minimum atomic E-state index is -0.297. The van der Waals surface area contributed by atoms with Crippen LogP contribution < -0.4 is 0 Å². The van der Waals surface area contributed by atoms with Crippen LogP contribution in [0.5, 0.6) is 0 Å². The van der Waals surface area contributed by atoms with Crippen LogP contribution in [-0.4, -0.2) is 28.6 Å². The van der Waals surface area contributed by atoms with Crippen molar-refractivity contribution in [3.8, 4) is 0 Å². The molecule has 3 heteroatoms. The van der Waals surface area contributed by atoms with Gasteiger partial charge in [0.1, 0.15) is 0 Å². The van der Waals surface area contributed by atoms with Gasteiger partial charge in [-0.05, 0) is 25.8 Å². The van der Waals surface area contributed by atoms with E-state index in [0.717, 1.165) is 5.56 Å². The van der Waals surface area contributed by atoms with Crippen molar-refractivity contribution < 1.29 is 4.79 Å². The highest BCUT2D eigenvalue weighted by Crippen LogP contribution is 2.12. The predicted molar refractivity (Wildman–Crippen MR) is 80.0 cm³/mol. The van der Waals surface area contributed by atoms with E-state index in [1.54, 1.807) is 11.0 Å². The zero-order chi connectivity index (χ0) is 13.5. The third kappa shape index (κ3) is 4.22. The van der Waals surface area contributed by atoms with Gasteiger partial charge in [-0.1, -0.05) is 36.4 Å². The number of nitrogens with zero attached hydrogens (tertiary/aromatic N) is 1. The molecule has 18 heavy (non-hydrogen) atoms. The fraction of sp³-hybridized carbons (Fsp3) is 0.400. The molecule has 0 saturated heterocycles. The third-order valence-corrected chi connectivity index (χ3v) is 3.19. The fourth-order valence-corrected chi connectivity index (χ4v) is 2.17. The highest BCUT2D eigenvalue weighted by atomic mass is 32.1. The molecule has 2 nitrogen and oxygen atoms in total. The van der Waals surface area contributed by atoms with Crippen molar-refractivity contribution in [3.05, 3.63) is 48.6 Å². The zero-order valence-corrected chi connectivity index (χ0v) is 11.9. The molecule has 1 amide bonds. The topological polar surface area (TPSA) is 20.3 Å². The molecule has 0 aliphatic rings. The van der Waals surface area contributed by atoms with Gasteiger partial charge >= 0.3 is 0 Å². The van der Waals surface area contributed by atoms with E-state index < -0.39 is 0 Å². The summed E-state index contributed by atoms with van der Waals surface area (Å²) in [6.07, 6.45) is 2.41. The molecule has 0 bridgehead atoms. The Morgan fingerprint density at radius 1 is 1.39 bits per heavy atom. The Hall–Kier alpha value is -1.22. The minimum absolute atomic E-state index is 0.0667. The molecule has 1 rings (SSSR count). The second-order valence-electron chi connectivity index (χ2n) is 4.58. The maximum atomic E-state index is 12.3. The van der Waals surface area contributed by atoms with Crippen LogP contribution in [0.4, 0.5) is 0 Å². The average molecular weight is 263 g/mol. The van der Waals surface area contributed by atoms with Gasteiger partial charge < -0.3 is 4.90 Å². The molecular formula is C15H21NOS. The molecule has 0 saturated carbocycles. The molecule has 0 spiro atoms. The van der Waals surface area contributed by atoms with Crippen LogP contribution in [0, 0.1) is 0 Å². The predicted octanol–water partition coefficient (Wildman–Crippen LogP) is 2.95. The van der Waals surface area contributed by atoms with E-state index >= 15 is 0 Å². The maximum Gasteiger partial charge on any atom is 0.236 e. The first-order valence-electron chi connectivity index (χ1n) is 6.19. The van der Waals surface area contributed by atoms with E-state index in [9.17, 15) is 4.79 Å². The molecule has 0 aromatic heterocycles. The van der Waals surface area contributed by atoms with E-state index in [0.29, 0.717) is 13.0 Å². The number of carbonyl (C=O) groups excluding carboxylic acids is 1. The van der Waals surface area contributed by atoms with Gasteiger partial charge in [-0.2, -0.15) is 12.6 Å². The summed E-state index contributed by atoms with van der Waals surface area (Å²) >= 11 is 4.44. The van der Waals surface area contributed by atoms with Gasteiger partial charge in [0.2, 0.25) is 5.91 Å². The van der Waals surface area contributed by atoms with E-state index in [2.05, 4.69) is 19.2 Å². The van der Waals surface area contributed by atoms with Crippen LogP contribution >= 0.6 is 12.6 Å². The smallest absolute Gasteiger partial charge is 0.236 e. The first-order valence-corrected chi connectivity index (χ1v) is 6.71. The Kier molecular flexibility index (Phi) is 5.99. The number of benzene rings is 1. The standard InChI is InChI=1S/C15H21NOS/c1-4-10-16(12(2)3)15(17)14(18)11-13-8-6-5-7-9-13/h4-9,12,14,18H,1,10-11H2,2-3H3. The Morgan fingerprint density at radius 3 is 2.50 bits per heavy atom. The van der Waals surface area contributed by atoms with Crippen molar-refractivity contribution in [1.29, 1.82) is 0 Å². The number of amides is 1. The first kappa shape index (κ1) is 14.8. The SMILES string of the molecule is C=CCN(C(=O)C(S)Cc1ccccc1)C(C)C. The van der Waals surface area contributed by atoms with Crippen molar-refractivity contribution in [1.82, 2.24) is 4.90 Å². The first-order chi connectivity index (χ1) is 8.56. The second-order valence-corrected chi connectivity index (χ2v) is 5.20. The zero-order valence-electron chi connectivity index (χ0n) is 11.0. The molecule has 1 aromatic rings. The molecule has 1 atom stereocenters. The van der Waals surface area contributed by atoms with E-state index in [1.807, 2.05) is 44.2 Å². The summed E-state index contributed by atoms with van der Waals surface area (Å²) in [6, 6.07) is 10.1. The lowest BCUT2D eigenvalue weighted by Crippen LogP contribution is -2.42. The van der Waals surface area contributed by atoms with Gasteiger partial charge in [-0.25, -0.2) is 0 Å². The average Bonchev–Trinajstić information content (AvgIpc) is 2.36. The minimum Gasteiger partial charge on any atom is -0.336 e. The highest BCUT2D eigenvalue weighted by molar-refractivity contribution is 7.81. The summed E-state index contributed by atoms with van der Waals surface area (Å²) in [6.45, 7) is 8.27. The van der Waals surface area contributed by atoms with Crippen molar-refractivity contribution >= 4 is 18.5 Å². The Bertz CT molecular complexity index is 389. The van der Waals surface area contributed by atoms with E-state index in [-0.39, 0.29) is 17.2 Å². The Balaban J connectivity index is 2.67. The number of hydrogen-bond acceptors (Lipinski definition) is 2. The maximum absolute atomic E-state index is 12.3. The summed E-state index contributed by atoms with van der Waals surface area (Å²) < 4.78 is 0. The molecule has 0 radical (unpaired) electrons.